The molecule has 2 amide bonds. The number of hydrogen-bond donors (Lipinski definition) is 1. The number of carbonyl (C=O) groups is 2. The normalized spacial score (nSPS) is 18.8. The molecule has 1 atom stereocenters. The zero-order valence-corrected chi connectivity index (χ0v) is 21.3. The predicted octanol–water partition coefficient (Wildman–Crippen LogP) is 5.69. The first-order valence-electron chi connectivity index (χ1n) is 12.0. The number of nitrogens with one attached hydrogen (secondary N) is 1. The summed E-state index contributed by atoms with van der Waals surface area (Å²) in [5, 5.41) is 2.75. The van der Waals surface area contributed by atoms with E-state index in [0.29, 0.717) is 34.6 Å². The van der Waals surface area contributed by atoms with Crippen molar-refractivity contribution in [3.63, 3.8) is 0 Å². The number of hydrogen-bond acceptors (Lipinski definition) is 6. The van der Waals surface area contributed by atoms with Crippen molar-refractivity contribution in [2.45, 2.75) is 43.8 Å². The summed E-state index contributed by atoms with van der Waals surface area (Å²) in [4.78, 5) is 32.6. The van der Waals surface area contributed by atoms with Crippen molar-refractivity contribution in [1.82, 2.24) is 4.90 Å². The van der Waals surface area contributed by atoms with Crippen LogP contribution >= 0.6 is 11.8 Å². The standard InChI is InChI=1S/C27H30FN3O4S/c1-34-21-12-13-23(35-2)22(16-21)30-25(32)17-24-26(33)31(15-14-18-6-4-3-5-7-18)27(36-24)29-20-10-8-19(28)9-11-20/h6,8-13,16,24H,3-5,7,14-15,17H2,1-2H3,(H,30,32)/t24-/m1/s1. The molecule has 2 aliphatic rings. The highest BCUT2D eigenvalue weighted by Gasteiger charge is 2.39. The highest BCUT2D eigenvalue weighted by Crippen LogP contribution is 2.34. The second-order valence-electron chi connectivity index (χ2n) is 8.64. The second kappa shape index (κ2) is 12.1. The van der Waals surface area contributed by atoms with Crippen LogP contribution in [0.15, 0.2) is 59.1 Å². The van der Waals surface area contributed by atoms with Crippen LogP contribution in [-0.4, -0.2) is 47.9 Å². The summed E-state index contributed by atoms with van der Waals surface area (Å²) in [7, 11) is 3.06. The molecule has 190 valence electrons. The fourth-order valence-electron chi connectivity index (χ4n) is 4.23. The maximum Gasteiger partial charge on any atom is 0.242 e. The first-order chi connectivity index (χ1) is 17.5. The molecular formula is C27H30FN3O4S. The molecule has 1 heterocycles. The minimum Gasteiger partial charge on any atom is -0.497 e. The van der Waals surface area contributed by atoms with Gasteiger partial charge in [-0.1, -0.05) is 23.4 Å². The molecule has 36 heavy (non-hydrogen) atoms. The summed E-state index contributed by atoms with van der Waals surface area (Å²) in [6.07, 6.45) is 7.51. The number of amidine groups is 1. The van der Waals surface area contributed by atoms with Gasteiger partial charge in [0, 0.05) is 19.0 Å². The molecule has 1 saturated heterocycles. The molecule has 1 aliphatic carbocycles. The first-order valence-corrected chi connectivity index (χ1v) is 12.9. The number of aliphatic imine (C=N–C) groups is 1. The zero-order chi connectivity index (χ0) is 25.5. The molecule has 9 heteroatoms. The van der Waals surface area contributed by atoms with Gasteiger partial charge in [0.15, 0.2) is 5.17 Å². The highest BCUT2D eigenvalue weighted by molar-refractivity contribution is 8.15. The van der Waals surface area contributed by atoms with Crippen molar-refractivity contribution < 1.29 is 23.5 Å². The van der Waals surface area contributed by atoms with Crippen molar-refractivity contribution in [3.05, 3.63) is 59.9 Å². The van der Waals surface area contributed by atoms with Gasteiger partial charge in [-0.2, -0.15) is 0 Å². The van der Waals surface area contributed by atoms with Crippen LogP contribution in [-0.2, 0) is 9.59 Å². The van der Waals surface area contributed by atoms with Gasteiger partial charge in [-0.25, -0.2) is 9.38 Å². The molecule has 1 aliphatic heterocycles. The van der Waals surface area contributed by atoms with E-state index < -0.39 is 5.25 Å². The van der Waals surface area contributed by atoms with Gasteiger partial charge < -0.3 is 14.8 Å². The van der Waals surface area contributed by atoms with E-state index in [0.717, 1.165) is 19.3 Å². The number of thioether (sulfide) groups is 1. The molecule has 0 bridgehead atoms. The summed E-state index contributed by atoms with van der Waals surface area (Å²) < 4.78 is 23.9. The van der Waals surface area contributed by atoms with Gasteiger partial charge in [0.2, 0.25) is 11.8 Å². The Hall–Kier alpha value is -3.33. The Balaban J connectivity index is 1.50. The van der Waals surface area contributed by atoms with Crippen LogP contribution in [0.1, 0.15) is 38.5 Å². The fourth-order valence-corrected chi connectivity index (χ4v) is 5.41. The summed E-state index contributed by atoms with van der Waals surface area (Å²) in [6, 6.07) is 10.9. The van der Waals surface area contributed by atoms with Crippen molar-refractivity contribution in [2.24, 2.45) is 4.99 Å². The Kier molecular flexibility index (Phi) is 8.64. The number of benzene rings is 2. The molecule has 2 aromatic carbocycles. The van der Waals surface area contributed by atoms with E-state index >= 15 is 0 Å². The topological polar surface area (TPSA) is 80.2 Å². The minimum atomic E-state index is -0.610. The lowest BCUT2D eigenvalue weighted by Gasteiger charge is -2.19. The van der Waals surface area contributed by atoms with Crippen LogP contribution in [0.4, 0.5) is 15.8 Å². The Morgan fingerprint density at radius 2 is 1.97 bits per heavy atom. The molecule has 1 fully saturated rings. The summed E-state index contributed by atoms with van der Waals surface area (Å²) in [5.41, 5.74) is 2.38. The van der Waals surface area contributed by atoms with Crippen molar-refractivity contribution in [3.8, 4) is 11.5 Å². The van der Waals surface area contributed by atoms with Gasteiger partial charge in [-0.15, -0.1) is 0 Å². The predicted molar refractivity (Wildman–Crippen MR) is 141 cm³/mol. The average molecular weight is 512 g/mol. The Morgan fingerprint density at radius 1 is 1.17 bits per heavy atom. The number of amides is 2. The molecule has 0 spiro atoms. The van der Waals surface area contributed by atoms with E-state index in [1.807, 2.05) is 0 Å². The third-order valence-electron chi connectivity index (χ3n) is 6.16. The quantitative estimate of drug-likeness (QED) is 0.437. The number of nitrogens with zero attached hydrogens (tertiary/aromatic N) is 2. The molecule has 0 unspecified atom stereocenters. The van der Waals surface area contributed by atoms with Crippen LogP contribution in [0, 0.1) is 5.82 Å². The lowest BCUT2D eigenvalue weighted by Crippen LogP contribution is -2.34. The first kappa shape index (κ1) is 25.8. The van der Waals surface area contributed by atoms with E-state index in [-0.39, 0.29) is 24.1 Å². The van der Waals surface area contributed by atoms with Gasteiger partial charge in [-0.3, -0.25) is 14.5 Å². The number of rotatable bonds is 9. The third-order valence-corrected chi connectivity index (χ3v) is 7.34. The van der Waals surface area contributed by atoms with E-state index in [4.69, 9.17) is 9.47 Å². The van der Waals surface area contributed by atoms with Gasteiger partial charge in [0.25, 0.3) is 0 Å². The second-order valence-corrected chi connectivity index (χ2v) is 9.81. The van der Waals surface area contributed by atoms with Gasteiger partial charge >= 0.3 is 0 Å². The van der Waals surface area contributed by atoms with Gasteiger partial charge in [0.05, 0.1) is 25.6 Å². The maximum absolute atomic E-state index is 13.4. The number of methoxy groups -OCH3 is 2. The fraction of sp³-hybridized carbons (Fsp3) is 0.370. The number of halogens is 1. The molecular weight excluding hydrogens is 481 g/mol. The lowest BCUT2D eigenvalue weighted by atomic mass is 9.97. The van der Waals surface area contributed by atoms with Gasteiger partial charge in [0.1, 0.15) is 22.6 Å². The maximum atomic E-state index is 13.4. The Bertz CT molecular complexity index is 1170. The van der Waals surface area contributed by atoms with Crippen LogP contribution in [0.5, 0.6) is 11.5 Å². The molecule has 1 N–H and O–H groups in total. The number of anilines is 1. The molecule has 2 aromatic rings. The van der Waals surface area contributed by atoms with Crippen LogP contribution < -0.4 is 14.8 Å². The van der Waals surface area contributed by atoms with E-state index in [2.05, 4.69) is 16.4 Å². The smallest absolute Gasteiger partial charge is 0.242 e. The minimum absolute atomic E-state index is 0.0223. The molecule has 7 nitrogen and oxygen atoms in total. The number of ether oxygens (including phenoxy) is 2. The number of allylic oxidation sites excluding steroid dienone is 1. The Morgan fingerprint density at radius 3 is 2.67 bits per heavy atom. The molecule has 0 aromatic heterocycles. The highest BCUT2D eigenvalue weighted by atomic mass is 32.2. The van der Waals surface area contributed by atoms with Crippen LogP contribution in [0.3, 0.4) is 0 Å². The monoisotopic (exact) mass is 511 g/mol. The van der Waals surface area contributed by atoms with Crippen molar-refractivity contribution >= 4 is 40.1 Å². The van der Waals surface area contributed by atoms with Gasteiger partial charge in [-0.05, 0) is 68.5 Å². The van der Waals surface area contributed by atoms with E-state index in [1.165, 1.54) is 49.4 Å². The van der Waals surface area contributed by atoms with Crippen molar-refractivity contribution in [2.75, 3.05) is 26.1 Å². The summed E-state index contributed by atoms with van der Waals surface area (Å²) in [5.74, 6) is 0.262. The lowest BCUT2D eigenvalue weighted by molar-refractivity contribution is -0.128. The van der Waals surface area contributed by atoms with Crippen molar-refractivity contribution in [1.29, 1.82) is 0 Å². The summed E-state index contributed by atoms with van der Waals surface area (Å²) >= 11 is 1.27. The molecule has 0 radical (unpaired) electrons. The molecule has 4 rings (SSSR count). The Labute approximate surface area is 214 Å². The third kappa shape index (κ3) is 6.46. The van der Waals surface area contributed by atoms with E-state index in [1.54, 1.807) is 42.3 Å². The van der Waals surface area contributed by atoms with E-state index in [9.17, 15) is 14.0 Å². The van der Waals surface area contributed by atoms with Crippen LogP contribution in [0.2, 0.25) is 0 Å². The number of carbonyl (C=O) groups excluding carboxylic acids is 2. The average Bonchev–Trinajstić information content (AvgIpc) is 3.17. The van der Waals surface area contributed by atoms with Crippen LogP contribution in [0.25, 0.3) is 0 Å². The SMILES string of the molecule is COc1ccc(OC)c(NC(=O)C[C@H]2SC(=Nc3ccc(F)cc3)N(CCC3=CCCCC3)C2=O)c1. The zero-order valence-electron chi connectivity index (χ0n) is 20.5. The molecule has 0 saturated carbocycles. The largest absolute Gasteiger partial charge is 0.497 e. The summed E-state index contributed by atoms with van der Waals surface area (Å²) in [6.45, 7) is 0.500.